The number of hydrogen-bond acceptors (Lipinski definition) is 2. The Kier molecular flexibility index (Phi) is 3.82. The molecule has 1 heterocycles. The zero-order valence-electron chi connectivity index (χ0n) is 11.2. The Morgan fingerprint density at radius 2 is 1.94 bits per heavy atom. The number of hydrogen-bond donors (Lipinski definition) is 1. The monoisotopic (exact) mass is 244 g/mol. The third kappa shape index (κ3) is 2.46. The van der Waals surface area contributed by atoms with Crippen LogP contribution in [0.5, 0.6) is 0 Å². The quantitative estimate of drug-likeness (QED) is 0.898. The molecule has 0 spiro atoms. The van der Waals surface area contributed by atoms with E-state index in [0.717, 1.165) is 17.8 Å². The maximum absolute atomic E-state index is 9.35. The van der Waals surface area contributed by atoms with Gasteiger partial charge in [-0.3, -0.25) is 4.68 Å². The van der Waals surface area contributed by atoms with Crippen molar-refractivity contribution in [1.82, 2.24) is 9.78 Å². The van der Waals surface area contributed by atoms with E-state index in [1.165, 1.54) is 11.1 Å². The molecule has 0 bridgehead atoms. The maximum atomic E-state index is 9.35. The number of aliphatic hydroxyl groups excluding tert-OH is 1. The molecule has 0 aliphatic rings. The van der Waals surface area contributed by atoms with Crippen LogP contribution in [0.2, 0.25) is 0 Å². The summed E-state index contributed by atoms with van der Waals surface area (Å²) in [7, 11) is 0. The third-order valence-corrected chi connectivity index (χ3v) is 3.26. The van der Waals surface area contributed by atoms with E-state index >= 15 is 0 Å². The molecule has 0 aliphatic carbocycles. The van der Waals surface area contributed by atoms with Crippen molar-refractivity contribution in [2.75, 3.05) is 0 Å². The normalized spacial score (nSPS) is 11.2. The summed E-state index contributed by atoms with van der Waals surface area (Å²) in [5.41, 5.74) is 4.60. The van der Waals surface area contributed by atoms with E-state index in [0.29, 0.717) is 5.92 Å². The van der Waals surface area contributed by atoms with Gasteiger partial charge < -0.3 is 5.11 Å². The van der Waals surface area contributed by atoms with E-state index in [9.17, 15) is 5.11 Å². The molecule has 1 N–H and O–H groups in total. The molecule has 0 saturated heterocycles. The van der Waals surface area contributed by atoms with Crippen LogP contribution in [0.15, 0.2) is 30.5 Å². The second-order valence-corrected chi connectivity index (χ2v) is 4.95. The van der Waals surface area contributed by atoms with Gasteiger partial charge in [0.1, 0.15) is 0 Å². The molecule has 0 aliphatic heterocycles. The molecule has 1 aromatic heterocycles. The van der Waals surface area contributed by atoms with Gasteiger partial charge in [0.15, 0.2) is 0 Å². The number of benzene rings is 1. The number of aliphatic hydroxyl groups is 1. The summed E-state index contributed by atoms with van der Waals surface area (Å²) >= 11 is 0. The zero-order valence-corrected chi connectivity index (χ0v) is 11.2. The standard InChI is InChI=1S/C15H20N2O/c1-11(2)15-14(10-18)8-16-17(15)9-13-7-5-4-6-12(13)3/h4-8,11,18H,9-10H2,1-3H3. The van der Waals surface area contributed by atoms with Gasteiger partial charge in [0.2, 0.25) is 0 Å². The molecule has 0 fully saturated rings. The number of nitrogens with zero attached hydrogens (tertiary/aromatic N) is 2. The molecule has 0 radical (unpaired) electrons. The minimum Gasteiger partial charge on any atom is -0.392 e. The largest absolute Gasteiger partial charge is 0.392 e. The average Bonchev–Trinajstić information content (AvgIpc) is 2.75. The summed E-state index contributed by atoms with van der Waals surface area (Å²) in [6, 6.07) is 8.33. The second-order valence-electron chi connectivity index (χ2n) is 4.95. The molecule has 96 valence electrons. The lowest BCUT2D eigenvalue weighted by Gasteiger charge is -2.13. The first kappa shape index (κ1) is 12.8. The van der Waals surface area contributed by atoms with Crippen LogP contribution in [-0.4, -0.2) is 14.9 Å². The molecule has 0 saturated carbocycles. The summed E-state index contributed by atoms with van der Waals surface area (Å²) in [4.78, 5) is 0. The predicted molar refractivity (Wildman–Crippen MR) is 72.5 cm³/mol. The van der Waals surface area contributed by atoms with Gasteiger partial charge >= 0.3 is 0 Å². The van der Waals surface area contributed by atoms with Gasteiger partial charge in [-0.25, -0.2) is 0 Å². The summed E-state index contributed by atoms with van der Waals surface area (Å²) in [5.74, 6) is 0.360. The van der Waals surface area contributed by atoms with Crippen LogP contribution >= 0.6 is 0 Å². The Morgan fingerprint density at radius 3 is 2.56 bits per heavy atom. The van der Waals surface area contributed by atoms with Crippen molar-refractivity contribution in [1.29, 1.82) is 0 Å². The van der Waals surface area contributed by atoms with E-state index in [-0.39, 0.29) is 6.61 Å². The molecule has 3 nitrogen and oxygen atoms in total. The lowest BCUT2D eigenvalue weighted by Crippen LogP contribution is -2.09. The molecule has 18 heavy (non-hydrogen) atoms. The first-order valence-corrected chi connectivity index (χ1v) is 6.33. The van der Waals surface area contributed by atoms with Crippen LogP contribution in [0, 0.1) is 6.92 Å². The molecular formula is C15H20N2O. The van der Waals surface area contributed by atoms with Crippen molar-refractivity contribution in [3.8, 4) is 0 Å². The van der Waals surface area contributed by atoms with Crippen molar-refractivity contribution in [2.45, 2.75) is 39.8 Å². The van der Waals surface area contributed by atoms with E-state index < -0.39 is 0 Å². The fourth-order valence-corrected chi connectivity index (χ4v) is 2.30. The zero-order chi connectivity index (χ0) is 13.1. The maximum Gasteiger partial charge on any atom is 0.0715 e. The second kappa shape index (κ2) is 5.36. The Hall–Kier alpha value is -1.61. The molecule has 0 atom stereocenters. The van der Waals surface area contributed by atoms with Crippen LogP contribution < -0.4 is 0 Å². The van der Waals surface area contributed by atoms with Gasteiger partial charge in [0.05, 0.1) is 19.3 Å². The van der Waals surface area contributed by atoms with Crippen molar-refractivity contribution < 1.29 is 5.11 Å². The SMILES string of the molecule is Cc1ccccc1Cn1ncc(CO)c1C(C)C. The molecule has 0 unspecified atom stereocenters. The van der Waals surface area contributed by atoms with Crippen LogP contribution in [0.25, 0.3) is 0 Å². The van der Waals surface area contributed by atoms with E-state index in [2.05, 4.69) is 38.0 Å². The van der Waals surface area contributed by atoms with Crippen molar-refractivity contribution in [2.24, 2.45) is 0 Å². The summed E-state index contributed by atoms with van der Waals surface area (Å²) in [5, 5.41) is 13.7. The Balaban J connectivity index is 2.35. The van der Waals surface area contributed by atoms with Gasteiger partial charge in [0, 0.05) is 11.3 Å². The van der Waals surface area contributed by atoms with Gasteiger partial charge in [-0.2, -0.15) is 5.10 Å². The molecule has 1 aromatic carbocycles. The Labute approximate surface area is 108 Å². The minimum atomic E-state index is 0.0568. The Morgan fingerprint density at radius 1 is 1.22 bits per heavy atom. The smallest absolute Gasteiger partial charge is 0.0715 e. The number of aryl methyl sites for hydroxylation is 1. The highest BCUT2D eigenvalue weighted by Gasteiger charge is 2.14. The van der Waals surface area contributed by atoms with Gasteiger partial charge in [-0.1, -0.05) is 38.1 Å². The summed E-state index contributed by atoms with van der Waals surface area (Å²) < 4.78 is 2.00. The lowest BCUT2D eigenvalue weighted by atomic mass is 10.1. The molecular weight excluding hydrogens is 224 g/mol. The first-order chi connectivity index (χ1) is 8.63. The highest BCUT2D eigenvalue weighted by Crippen LogP contribution is 2.21. The molecule has 2 rings (SSSR count). The lowest BCUT2D eigenvalue weighted by molar-refractivity contribution is 0.279. The predicted octanol–water partition coefficient (Wildman–Crippen LogP) is 2.86. The Bertz CT molecular complexity index is 529. The summed E-state index contributed by atoms with van der Waals surface area (Å²) in [6.45, 7) is 7.19. The van der Waals surface area contributed by atoms with Crippen molar-refractivity contribution >= 4 is 0 Å². The van der Waals surface area contributed by atoms with Crippen LogP contribution in [0.3, 0.4) is 0 Å². The average molecular weight is 244 g/mol. The topological polar surface area (TPSA) is 38.0 Å². The van der Waals surface area contributed by atoms with E-state index in [4.69, 9.17) is 0 Å². The molecule has 0 amide bonds. The number of rotatable bonds is 4. The van der Waals surface area contributed by atoms with Gasteiger partial charge in [-0.15, -0.1) is 0 Å². The van der Waals surface area contributed by atoms with Crippen LogP contribution in [-0.2, 0) is 13.2 Å². The third-order valence-electron chi connectivity index (χ3n) is 3.26. The fraction of sp³-hybridized carbons (Fsp3) is 0.400. The number of aromatic nitrogens is 2. The van der Waals surface area contributed by atoms with Crippen molar-refractivity contribution in [3.63, 3.8) is 0 Å². The minimum absolute atomic E-state index is 0.0568. The highest BCUT2D eigenvalue weighted by molar-refractivity contribution is 5.27. The first-order valence-electron chi connectivity index (χ1n) is 6.33. The van der Waals surface area contributed by atoms with E-state index in [1.807, 2.05) is 16.8 Å². The van der Waals surface area contributed by atoms with Gasteiger partial charge in [0.25, 0.3) is 0 Å². The fourth-order valence-electron chi connectivity index (χ4n) is 2.30. The summed E-state index contributed by atoms with van der Waals surface area (Å²) in [6.07, 6.45) is 1.77. The van der Waals surface area contributed by atoms with Crippen molar-refractivity contribution in [3.05, 3.63) is 52.8 Å². The van der Waals surface area contributed by atoms with E-state index in [1.54, 1.807) is 6.20 Å². The molecule has 3 heteroatoms. The molecule has 2 aromatic rings. The van der Waals surface area contributed by atoms with Gasteiger partial charge in [-0.05, 0) is 24.0 Å². The van der Waals surface area contributed by atoms with Crippen LogP contribution in [0.4, 0.5) is 0 Å². The highest BCUT2D eigenvalue weighted by atomic mass is 16.3. The van der Waals surface area contributed by atoms with Crippen LogP contribution in [0.1, 0.15) is 42.1 Å².